The van der Waals surface area contributed by atoms with Crippen molar-refractivity contribution in [2.24, 2.45) is 0 Å². The summed E-state index contributed by atoms with van der Waals surface area (Å²) in [7, 11) is 1.55. The van der Waals surface area contributed by atoms with Crippen molar-refractivity contribution in [3.05, 3.63) is 70.6 Å². The molecule has 1 amide bonds. The van der Waals surface area contributed by atoms with Crippen LogP contribution in [0.3, 0.4) is 0 Å². The van der Waals surface area contributed by atoms with E-state index in [-0.39, 0.29) is 17.1 Å². The maximum absolute atomic E-state index is 13.8. The van der Waals surface area contributed by atoms with Gasteiger partial charge >= 0.3 is 0 Å². The summed E-state index contributed by atoms with van der Waals surface area (Å²) in [6.07, 6.45) is 1.25. The van der Waals surface area contributed by atoms with Crippen LogP contribution in [-0.2, 0) is 0 Å². The number of rotatable bonds is 6. The van der Waals surface area contributed by atoms with Gasteiger partial charge in [0.25, 0.3) is 5.91 Å². The lowest BCUT2D eigenvalue weighted by atomic mass is 10.0. The third kappa shape index (κ3) is 4.35. The molecule has 0 fully saturated rings. The highest BCUT2D eigenvalue weighted by molar-refractivity contribution is 5.92. The van der Waals surface area contributed by atoms with Crippen LogP contribution in [-0.4, -0.2) is 18.0 Å². The average Bonchev–Trinajstić information content (AvgIpc) is 3.21. The number of hydrogen-bond donors (Lipinski definition) is 1. The van der Waals surface area contributed by atoms with Crippen LogP contribution in [0, 0.1) is 18.6 Å². The quantitative estimate of drug-likeness (QED) is 0.574. The first-order chi connectivity index (χ1) is 14.2. The topological polar surface area (TPSA) is 64.4 Å². The molecule has 1 aromatic heterocycles. The van der Waals surface area contributed by atoms with E-state index >= 15 is 0 Å². The van der Waals surface area contributed by atoms with Gasteiger partial charge < -0.3 is 14.5 Å². The van der Waals surface area contributed by atoms with E-state index in [0.717, 1.165) is 5.56 Å². The summed E-state index contributed by atoms with van der Waals surface area (Å²) < 4.78 is 38.5. The molecule has 1 unspecified atom stereocenters. The maximum Gasteiger partial charge on any atom is 0.273 e. The van der Waals surface area contributed by atoms with Crippen molar-refractivity contribution in [3.63, 3.8) is 0 Å². The Labute approximate surface area is 174 Å². The van der Waals surface area contributed by atoms with Crippen LogP contribution in [0.4, 0.5) is 8.78 Å². The molecule has 30 heavy (non-hydrogen) atoms. The lowest BCUT2D eigenvalue weighted by Crippen LogP contribution is -2.27. The molecule has 0 bridgehead atoms. The van der Waals surface area contributed by atoms with Gasteiger partial charge in [-0.2, -0.15) is 0 Å². The Hall–Kier alpha value is -3.22. The minimum absolute atomic E-state index is 0.0573. The third-order valence-corrected chi connectivity index (χ3v) is 5.01. The first-order valence-electron chi connectivity index (χ1n) is 9.61. The molecule has 1 heterocycles. The Morgan fingerprint density at radius 2 is 1.77 bits per heavy atom. The van der Waals surface area contributed by atoms with E-state index in [2.05, 4.69) is 24.1 Å². The molecule has 1 N–H and O–H groups in total. The number of carbonyl (C=O) groups is 1. The third-order valence-electron chi connectivity index (χ3n) is 5.01. The SMILES string of the molecule is COc1ccc(C(C)C)cc1-c1nc(C(=O)NC(C)c2cc(F)c(C)c(F)c2)co1. The summed E-state index contributed by atoms with van der Waals surface area (Å²) in [5.41, 5.74) is 2.03. The predicted octanol–water partition coefficient (Wildman–Crippen LogP) is 5.55. The maximum atomic E-state index is 13.8. The molecular weight excluding hydrogens is 390 g/mol. The van der Waals surface area contributed by atoms with E-state index in [9.17, 15) is 13.6 Å². The van der Waals surface area contributed by atoms with Crippen molar-refractivity contribution in [1.82, 2.24) is 10.3 Å². The Balaban J connectivity index is 1.83. The monoisotopic (exact) mass is 414 g/mol. The zero-order valence-electron chi connectivity index (χ0n) is 17.5. The van der Waals surface area contributed by atoms with Gasteiger partial charge in [0.1, 0.15) is 23.6 Å². The van der Waals surface area contributed by atoms with Crippen LogP contribution in [0.25, 0.3) is 11.5 Å². The standard InChI is InChI=1S/C23H24F2N2O3/c1-12(2)15-6-7-21(29-5)17(8-15)23-27-20(11-30-23)22(28)26-14(4)16-9-18(24)13(3)19(25)10-16/h6-12,14H,1-5H3,(H,26,28). The van der Waals surface area contributed by atoms with Crippen molar-refractivity contribution < 1.29 is 22.7 Å². The lowest BCUT2D eigenvalue weighted by Gasteiger charge is -2.14. The van der Waals surface area contributed by atoms with E-state index < -0.39 is 23.6 Å². The molecule has 158 valence electrons. The number of halogens is 2. The highest BCUT2D eigenvalue weighted by atomic mass is 19.1. The number of benzene rings is 2. The molecule has 1 atom stereocenters. The van der Waals surface area contributed by atoms with Crippen molar-refractivity contribution in [1.29, 1.82) is 0 Å². The first kappa shape index (κ1) is 21.5. The number of nitrogens with zero attached hydrogens (tertiary/aromatic N) is 1. The second kappa shape index (κ2) is 8.65. The molecule has 2 aromatic carbocycles. The average molecular weight is 414 g/mol. The van der Waals surface area contributed by atoms with Crippen LogP contribution in [0.5, 0.6) is 5.75 Å². The molecule has 0 spiro atoms. The smallest absolute Gasteiger partial charge is 0.273 e. The van der Waals surface area contributed by atoms with E-state index in [1.54, 1.807) is 14.0 Å². The van der Waals surface area contributed by atoms with Gasteiger partial charge in [0, 0.05) is 5.56 Å². The summed E-state index contributed by atoms with van der Waals surface area (Å²) >= 11 is 0. The molecular formula is C23H24F2N2O3. The minimum Gasteiger partial charge on any atom is -0.496 e. The number of hydrogen-bond acceptors (Lipinski definition) is 4. The van der Waals surface area contributed by atoms with Crippen molar-refractivity contribution in [2.45, 2.75) is 39.7 Å². The van der Waals surface area contributed by atoms with Gasteiger partial charge in [0.05, 0.1) is 18.7 Å². The zero-order chi connectivity index (χ0) is 22.0. The fourth-order valence-electron chi connectivity index (χ4n) is 3.02. The van der Waals surface area contributed by atoms with Gasteiger partial charge in [-0.1, -0.05) is 19.9 Å². The summed E-state index contributed by atoms with van der Waals surface area (Å²) in [4.78, 5) is 16.9. The highest BCUT2D eigenvalue weighted by Gasteiger charge is 2.20. The Kier molecular flexibility index (Phi) is 6.20. The molecule has 3 aromatic rings. The Bertz CT molecular complexity index is 1050. The minimum atomic E-state index is -0.660. The Morgan fingerprint density at radius 3 is 2.37 bits per heavy atom. The summed E-state index contributed by atoms with van der Waals surface area (Å²) in [6.45, 7) is 7.13. The number of methoxy groups -OCH3 is 1. The number of aromatic nitrogens is 1. The fraction of sp³-hybridized carbons (Fsp3) is 0.304. The molecule has 7 heteroatoms. The van der Waals surface area contributed by atoms with Gasteiger partial charge in [-0.15, -0.1) is 0 Å². The molecule has 3 rings (SSSR count). The van der Waals surface area contributed by atoms with Crippen LogP contribution in [0.2, 0.25) is 0 Å². The van der Waals surface area contributed by atoms with Gasteiger partial charge in [-0.3, -0.25) is 4.79 Å². The molecule has 0 aliphatic heterocycles. The molecule has 5 nitrogen and oxygen atoms in total. The fourth-order valence-corrected chi connectivity index (χ4v) is 3.02. The number of carbonyl (C=O) groups excluding carboxylic acids is 1. The second-order valence-electron chi connectivity index (χ2n) is 7.46. The van der Waals surface area contributed by atoms with Crippen LogP contribution >= 0.6 is 0 Å². The van der Waals surface area contributed by atoms with Gasteiger partial charge in [-0.25, -0.2) is 13.8 Å². The normalized spacial score (nSPS) is 12.1. The number of amides is 1. The summed E-state index contributed by atoms with van der Waals surface area (Å²) in [5, 5.41) is 2.68. The highest BCUT2D eigenvalue weighted by Crippen LogP contribution is 2.32. The zero-order valence-corrected chi connectivity index (χ0v) is 17.5. The molecule has 0 aliphatic carbocycles. The van der Waals surface area contributed by atoms with E-state index in [0.29, 0.717) is 22.8 Å². The summed E-state index contributed by atoms with van der Waals surface area (Å²) in [6, 6.07) is 7.50. The van der Waals surface area contributed by atoms with Gasteiger partial charge in [0.2, 0.25) is 5.89 Å². The van der Waals surface area contributed by atoms with Crippen LogP contribution < -0.4 is 10.1 Å². The van der Waals surface area contributed by atoms with Crippen molar-refractivity contribution >= 4 is 5.91 Å². The van der Waals surface area contributed by atoms with Crippen LogP contribution in [0.1, 0.15) is 59.9 Å². The number of ether oxygens (including phenoxy) is 1. The number of oxazole rings is 1. The van der Waals surface area contributed by atoms with Crippen LogP contribution in [0.15, 0.2) is 41.0 Å². The van der Waals surface area contributed by atoms with Crippen molar-refractivity contribution in [2.75, 3.05) is 7.11 Å². The molecule has 0 saturated heterocycles. The number of nitrogens with one attached hydrogen (secondary N) is 1. The van der Waals surface area contributed by atoms with Crippen molar-refractivity contribution in [3.8, 4) is 17.2 Å². The Morgan fingerprint density at radius 1 is 1.10 bits per heavy atom. The van der Waals surface area contributed by atoms with Gasteiger partial charge in [0.15, 0.2) is 5.69 Å². The molecule has 0 aliphatic rings. The van der Waals surface area contributed by atoms with E-state index in [4.69, 9.17) is 9.15 Å². The first-order valence-corrected chi connectivity index (χ1v) is 9.61. The molecule has 0 radical (unpaired) electrons. The largest absolute Gasteiger partial charge is 0.496 e. The predicted molar refractivity (Wildman–Crippen MR) is 110 cm³/mol. The summed E-state index contributed by atoms with van der Waals surface area (Å²) in [5.74, 6) is -0.716. The second-order valence-corrected chi connectivity index (χ2v) is 7.46. The lowest BCUT2D eigenvalue weighted by molar-refractivity contribution is 0.0934. The van der Waals surface area contributed by atoms with E-state index in [1.165, 1.54) is 25.3 Å². The molecule has 0 saturated carbocycles. The van der Waals surface area contributed by atoms with E-state index in [1.807, 2.05) is 18.2 Å². The van der Waals surface area contributed by atoms with Gasteiger partial charge in [-0.05, 0) is 55.2 Å².